The lowest BCUT2D eigenvalue weighted by Crippen LogP contribution is -2.44. The number of hydrogen-bond acceptors (Lipinski definition) is 3. The summed E-state index contributed by atoms with van der Waals surface area (Å²) in [5.41, 5.74) is 0. The van der Waals surface area contributed by atoms with E-state index in [-0.39, 0.29) is 36.1 Å². The van der Waals surface area contributed by atoms with Gasteiger partial charge in [0.1, 0.15) is 0 Å². The predicted molar refractivity (Wildman–Crippen MR) is 101 cm³/mol. The van der Waals surface area contributed by atoms with Gasteiger partial charge in [-0.2, -0.15) is 0 Å². The first-order valence-electron chi connectivity index (χ1n) is 8.08. The summed E-state index contributed by atoms with van der Waals surface area (Å²) < 4.78 is 4.96. The number of amides is 1. The summed E-state index contributed by atoms with van der Waals surface area (Å²) in [5.74, 6) is 1.34. The molecule has 1 aliphatic carbocycles. The van der Waals surface area contributed by atoms with E-state index in [1.54, 1.807) is 0 Å². The van der Waals surface area contributed by atoms with Crippen molar-refractivity contribution in [2.75, 3.05) is 19.7 Å². The van der Waals surface area contributed by atoms with E-state index in [1.807, 2.05) is 13.8 Å². The minimum atomic E-state index is -0.343. The first-order valence-corrected chi connectivity index (χ1v) is 8.08. The van der Waals surface area contributed by atoms with Gasteiger partial charge in [-0.1, -0.05) is 6.92 Å². The molecule has 0 spiro atoms. The van der Waals surface area contributed by atoms with E-state index in [0.717, 1.165) is 31.8 Å². The third kappa shape index (κ3) is 8.65. The summed E-state index contributed by atoms with van der Waals surface area (Å²) >= 11 is 0. The lowest BCUT2D eigenvalue weighted by atomic mass is 10.2. The Bertz CT molecular complexity index is 348. The molecule has 7 heteroatoms. The van der Waals surface area contributed by atoms with Gasteiger partial charge in [0.05, 0.1) is 19.2 Å². The summed E-state index contributed by atoms with van der Waals surface area (Å²) in [4.78, 5) is 16.2. The highest BCUT2D eigenvalue weighted by molar-refractivity contribution is 14.0. The third-order valence-electron chi connectivity index (χ3n) is 3.56. The van der Waals surface area contributed by atoms with Crippen LogP contribution in [0.5, 0.6) is 0 Å². The molecule has 0 aromatic heterocycles. The fraction of sp³-hybridized carbons (Fsp3) is 0.867. The van der Waals surface area contributed by atoms with Crippen molar-refractivity contribution < 1.29 is 9.53 Å². The van der Waals surface area contributed by atoms with Crippen molar-refractivity contribution in [2.24, 2.45) is 10.9 Å². The van der Waals surface area contributed by atoms with E-state index in [2.05, 4.69) is 34.8 Å². The van der Waals surface area contributed by atoms with E-state index in [0.29, 0.717) is 25.1 Å². The number of hydrogen-bond donors (Lipinski definition) is 3. The number of aliphatic imine (C=N–C) groups is 1. The van der Waals surface area contributed by atoms with Gasteiger partial charge in [-0.3, -0.25) is 4.99 Å². The van der Waals surface area contributed by atoms with Crippen LogP contribution in [0, 0.1) is 5.92 Å². The number of carbonyl (C=O) groups is 1. The summed E-state index contributed by atoms with van der Waals surface area (Å²) in [6.07, 6.45) is 3.01. The zero-order valence-electron chi connectivity index (χ0n) is 14.1. The second kappa shape index (κ2) is 11.8. The molecule has 0 aromatic carbocycles. The highest BCUT2D eigenvalue weighted by Crippen LogP contribution is 2.32. The molecule has 0 radical (unpaired) electrons. The maximum Gasteiger partial charge on any atom is 0.407 e. The molecule has 0 bridgehead atoms. The molecule has 0 saturated heterocycles. The number of guanidine groups is 1. The predicted octanol–water partition coefficient (Wildman–Crippen LogP) is 2.48. The highest BCUT2D eigenvalue weighted by atomic mass is 127. The second-order valence-electron chi connectivity index (χ2n) is 5.48. The minimum Gasteiger partial charge on any atom is -0.450 e. The zero-order chi connectivity index (χ0) is 15.7. The molecule has 0 heterocycles. The molecule has 0 aliphatic heterocycles. The van der Waals surface area contributed by atoms with Crippen LogP contribution in [-0.2, 0) is 4.74 Å². The Labute approximate surface area is 151 Å². The zero-order valence-corrected chi connectivity index (χ0v) is 16.5. The van der Waals surface area contributed by atoms with Gasteiger partial charge in [0.25, 0.3) is 0 Å². The van der Waals surface area contributed by atoms with Gasteiger partial charge in [-0.25, -0.2) is 4.79 Å². The van der Waals surface area contributed by atoms with Crippen LogP contribution in [0.25, 0.3) is 0 Å². The number of nitrogens with zero attached hydrogens (tertiary/aromatic N) is 1. The molecule has 1 rings (SSSR count). The molecule has 2 unspecified atom stereocenters. The monoisotopic (exact) mass is 426 g/mol. The van der Waals surface area contributed by atoms with Gasteiger partial charge >= 0.3 is 6.09 Å². The normalized spacial score (nSPS) is 17.0. The van der Waals surface area contributed by atoms with Crippen LogP contribution in [0.3, 0.4) is 0 Å². The number of rotatable bonds is 8. The summed E-state index contributed by atoms with van der Waals surface area (Å²) in [5, 5.41) is 9.51. The van der Waals surface area contributed by atoms with E-state index < -0.39 is 0 Å². The summed E-state index contributed by atoms with van der Waals surface area (Å²) in [7, 11) is 0. The Balaban J connectivity index is 0.00000441. The third-order valence-corrected chi connectivity index (χ3v) is 3.56. The fourth-order valence-corrected chi connectivity index (χ4v) is 1.98. The van der Waals surface area contributed by atoms with Crippen molar-refractivity contribution >= 4 is 36.0 Å². The molecule has 130 valence electrons. The fourth-order valence-electron chi connectivity index (χ4n) is 1.98. The van der Waals surface area contributed by atoms with Gasteiger partial charge in [0, 0.05) is 12.6 Å². The molecule has 1 amide bonds. The smallest absolute Gasteiger partial charge is 0.407 e. The Morgan fingerprint density at radius 2 is 1.95 bits per heavy atom. The van der Waals surface area contributed by atoms with Crippen molar-refractivity contribution in [1.29, 1.82) is 0 Å². The largest absolute Gasteiger partial charge is 0.450 e. The molecule has 1 saturated carbocycles. The van der Waals surface area contributed by atoms with Crippen LogP contribution in [-0.4, -0.2) is 43.8 Å². The van der Waals surface area contributed by atoms with E-state index in [1.165, 1.54) is 0 Å². The molecular weight excluding hydrogens is 395 g/mol. The Hall–Kier alpha value is -0.730. The Morgan fingerprint density at radius 3 is 2.45 bits per heavy atom. The number of ether oxygens (including phenoxy) is 1. The molecule has 6 nitrogen and oxygen atoms in total. The molecule has 3 N–H and O–H groups in total. The first kappa shape index (κ1) is 21.3. The highest BCUT2D eigenvalue weighted by Gasteiger charge is 2.32. The van der Waals surface area contributed by atoms with E-state index in [4.69, 9.17) is 4.74 Å². The van der Waals surface area contributed by atoms with Crippen molar-refractivity contribution in [1.82, 2.24) is 16.0 Å². The van der Waals surface area contributed by atoms with Crippen LogP contribution >= 0.6 is 24.0 Å². The van der Waals surface area contributed by atoms with Crippen LogP contribution < -0.4 is 16.0 Å². The lowest BCUT2D eigenvalue weighted by molar-refractivity contribution is 0.147. The maximum absolute atomic E-state index is 11.6. The van der Waals surface area contributed by atoms with E-state index >= 15 is 0 Å². The number of carbonyl (C=O) groups excluding carboxylic acids is 1. The SMILES string of the molecule is CCNC(=NCC(NC(=O)OCC)C1CC1)NC(C)CC.I. The second-order valence-corrected chi connectivity index (χ2v) is 5.48. The lowest BCUT2D eigenvalue weighted by Gasteiger charge is -2.19. The van der Waals surface area contributed by atoms with Crippen molar-refractivity contribution in [3.05, 3.63) is 0 Å². The van der Waals surface area contributed by atoms with Crippen molar-refractivity contribution in [2.45, 2.75) is 59.0 Å². The average molecular weight is 426 g/mol. The van der Waals surface area contributed by atoms with Gasteiger partial charge in [0.15, 0.2) is 5.96 Å². The number of halogens is 1. The maximum atomic E-state index is 11.6. The Morgan fingerprint density at radius 1 is 1.27 bits per heavy atom. The number of alkyl carbamates (subject to hydrolysis) is 1. The molecule has 1 aliphatic rings. The van der Waals surface area contributed by atoms with Crippen LogP contribution in [0.1, 0.15) is 47.0 Å². The summed E-state index contributed by atoms with van der Waals surface area (Å²) in [6, 6.07) is 0.441. The van der Waals surface area contributed by atoms with Crippen LogP contribution in [0.15, 0.2) is 4.99 Å². The summed E-state index contributed by atoms with van der Waals surface area (Å²) in [6.45, 7) is 9.91. The van der Waals surface area contributed by atoms with Crippen LogP contribution in [0.4, 0.5) is 4.79 Å². The average Bonchev–Trinajstić information content (AvgIpc) is 3.28. The Kier molecular flexibility index (Phi) is 11.4. The molecule has 1 fully saturated rings. The minimum absolute atomic E-state index is 0. The van der Waals surface area contributed by atoms with Crippen molar-refractivity contribution in [3.63, 3.8) is 0 Å². The van der Waals surface area contributed by atoms with E-state index in [9.17, 15) is 4.79 Å². The molecular formula is C15H31IN4O2. The van der Waals surface area contributed by atoms with Crippen molar-refractivity contribution in [3.8, 4) is 0 Å². The number of nitrogens with one attached hydrogen (secondary N) is 3. The van der Waals surface area contributed by atoms with Gasteiger partial charge in [-0.15, -0.1) is 24.0 Å². The van der Waals surface area contributed by atoms with Gasteiger partial charge in [-0.05, 0) is 46.0 Å². The van der Waals surface area contributed by atoms with Crippen LogP contribution in [0.2, 0.25) is 0 Å². The first-order chi connectivity index (χ1) is 10.1. The quantitative estimate of drug-likeness (QED) is 0.317. The van der Waals surface area contributed by atoms with Gasteiger partial charge < -0.3 is 20.7 Å². The topological polar surface area (TPSA) is 74.8 Å². The molecule has 2 atom stereocenters. The molecule has 22 heavy (non-hydrogen) atoms. The van der Waals surface area contributed by atoms with Gasteiger partial charge in [0.2, 0.25) is 0 Å². The molecule has 0 aromatic rings. The standard InChI is InChI=1S/C15H30N4O2.HI/c1-5-11(4)18-14(16-6-2)17-10-13(12-8-9-12)19-15(20)21-7-3;/h11-13H,5-10H2,1-4H3,(H,19,20)(H2,16,17,18);1H.